The Bertz CT molecular complexity index is 156. The van der Waals surface area contributed by atoms with E-state index in [1.165, 1.54) is 0 Å². The first-order chi connectivity index (χ1) is 4.83. The third-order valence-electron chi connectivity index (χ3n) is 0.430. The number of hydrogen-bond acceptors (Lipinski definition) is 3. The van der Waals surface area contributed by atoms with Gasteiger partial charge in [0, 0.05) is 0 Å². The molecule has 9 heteroatoms. The van der Waals surface area contributed by atoms with Crippen molar-refractivity contribution < 1.29 is 37.1 Å². The molecule has 5 nitrogen and oxygen atoms in total. The van der Waals surface area contributed by atoms with Gasteiger partial charge in [-0.25, -0.2) is 17.7 Å². The molecule has 0 bridgehead atoms. The Morgan fingerprint density at radius 2 is 1.73 bits per heavy atom. The zero-order valence-electron chi connectivity index (χ0n) is 4.85. The molecule has 0 heterocycles. The normalized spacial score (nSPS) is 15.5. The van der Waals surface area contributed by atoms with Crippen molar-refractivity contribution in [2.24, 2.45) is 0 Å². The molecule has 0 fully saturated rings. The maximum atomic E-state index is 11.6. The van der Waals surface area contributed by atoms with E-state index in [1.807, 2.05) is 0 Å². The fourth-order valence-corrected chi connectivity index (χ4v) is 0.334. The standard InChI is InChI=1S/C2H4F3O5P/c3-1(4)2(5)9-10-11(6,7)8/h1-2H,(H2,6,7,8). The van der Waals surface area contributed by atoms with Gasteiger partial charge in [-0.15, -0.1) is 4.67 Å². The first-order valence-corrected chi connectivity index (χ1v) is 3.69. The summed E-state index contributed by atoms with van der Waals surface area (Å²) in [5.41, 5.74) is 0. The van der Waals surface area contributed by atoms with Crippen molar-refractivity contribution in [3.8, 4) is 0 Å². The van der Waals surface area contributed by atoms with E-state index in [0.29, 0.717) is 0 Å². The van der Waals surface area contributed by atoms with Crippen molar-refractivity contribution in [2.45, 2.75) is 12.8 Å². The lowest BCUT2D eigenvalue weighted by Gasteiger charge is -2.07. The van der Waals surface area contributed by atoms with Crippen molar-refractivity contribution in [3.63, 3.8) is 0 Å². The van der Waals surface area contributed by atoms with Gasteiger partial charge in [0.25, 0.3) is 12.8 Å². The number of rotatable bonds is 4. The number of hydrogen-bond donors (Lipinski definition) is 2. The van der Waals surface area contributed by atoms with Gasteiger partial charge in [0.05, 0.1) is 0 Å². The average molecular weight is 196 g/mol. The Hall–Kier alpha value is -0.140. The van der Waals surface area contributed by atoms with Gasteiger partial charge in [0.15, 0.2) is 0 Å². The van der Waals surface area contributed by atoms with Crippen molar-refractivity contribution in [3.05, 3.63) is 0 Å². The van der Waals surface area contributed by atoms with Gasteiger partial charge in [-0.2, -0.15) is 4.89 Å². The molecule has 0 aromatic rings. The second kappa shape index (κ2) is 4.03. The van der Waals surface area contributed by atoms with Crippen LogP contribution in [0.2, 0.25) is 0 Å². The summed E-state index contributed by atoms with van der Waals surface area (Å²) in [4.78, 5) is 18.6. The highest BCUT2D eigenvalue weighted by Gasteiger charge is 2.25. The van der Waals surface area contributed by atoms with Crippen LogP contribution in [0.5, 0.6) is 0 Å². The van der Waals surface area contributed by atoms with Crippen molar-refractivity contribution in [1.29, 1.82) is 0 Å². The molecule has 0 aromatic heterocycles. The largest absolute Gasteiger partial charge is 0.497 e. The summed E-state index contributed by atoms with van der Waals surface area (Å²) in [6.45, 7) is 0. The van der Waals surface area contributed by atoms with Gasteiger partial charge >= 0.3 is 7.82 Å². The summed E-state index contributed by atoms with van der Waals surface area (Å²) >= 11 is 0. The number of phosphoric acid groups is 1. The van der Waals surface area contributed by atoms with Crippen LogP contribution < -0.4 is 0 Å². The highest BCUT2D eigenvalue weighted by atomic mass is 31.2. The average Bonchev–Trinajstić information content (AvgIpc) is 1.80. The van der Waals surface area contributed by atoms with E-state index in [2.05, 4.69) is 9.56 Å². The Labute approximate surface area is 58.9 Å². The second-order valence-corrected chi connectivity index (χ2v) is 2.48. The van der Waals surface area contributed by atoms with Crippen LogP contribution in [-0.2, 0) is 14.1 Å². The molecule has 0 spiro atoms. The molecule has 11 heavy (non-hydrogen) atoms. The highest BCUT2D eigenvalue weighted by Crippen LogP contribution is 2.36. The lowest BCUT2D eigenvalue weighted by atomic mass is 10.7. The summed E-state index contributed by atoms with van der Waals surface area (Å²) in [6.07, 6.45) is -6.68. The predicted molar refractivity (Wildman–Crippen MR) is 25.1 cm³/mol. The van der Waals surface area contributed by atoms with Crippen LogP contribution in [0.15, 0.2) is 0 Å². The molecular weight excluding hydrogens is 192 g/mol. The smallest absolute Gasteiger partial charge is 0.301 e. The molecule has 0 radical (unpaired) electrons. The summed E-state index contributed by atoms with van der Waals surface area (Å²) in [5, 5.41) is 0. The fraction of sp³-hybridized carbons (Fsp3) is 1.00. The molecule has 1 atom stereocenters. The van der Waals surface area contributed by atoms with Gasteiger partial charge in [-0.1, -0.05) is 0 Å². The summed E-state index contributed by atoms with van der Waals surface area (Å²) in [6, 6.07) is 0. The molecule has 0 aromatic carbocycles. The van der Waals surface area contributed by atoms with Crippen LogP contribution >= 0.6 is 7.82 Å². The lowest BCUT2D eigenvalue weighted by molar-refractivity contribution is -0.318. The number of halogens is 3. The van der Waals surface area contributed by atoms with E-state index >= 15 is 0 Å². The monoisotopic (exact) mass is 196 g/mol. The maximum absolute atomic E-state index is 11.6. The Balaban J connectivity index is 3.63. The maximum Gasteiger partial charge on any atom is 0.497 e. The Morgan fingerprint density at radius 3 is 2.00 bits per heavy atom. The highest BCUT2D eigenvalue weighted by molar-refractivity contribution is 7.46. The Morgan fingerprint density at radius 1 is 1.27 bits per heavy atom. The molecular formula is C2H4F3O5P. The van der Waals surface area contributed by atoms with Crippen LogP contribution in [0.3, 0.4) is 0 Å². The third kappa shape index (κ3) is 6.27. The molecule has 0 saturated carbocycles. The zero-order valence-corrected chi connectivity index (χ0v) is 5.75. The molecule has 1 unspecified atom stereocenters. The van der Waals surface area contributed by atoms with Crippen LogP contribution in [0.1, 0.15) is 0 Å². The van der Waals surface area contributed by atoms with Gasteiger partial charge in [0.1, 0.15) is 0 Å². The van der Waals surface area contributed by atoms with E-state index in [4.69, 9.17) is 9.79 Å². The van der Waals surface area contributed by atoms with E-state index in [-0.39, 0.29) is 0 Å². The minimum Gasteiger partial charge on any atom is -0.301 e. The quantitative estimate of drug-likeness (QED) is 0.391. The molecule has 0 amide bonds. The van der Waals surface area contributed by atoms with Gasteiger partial charge in [-0.3, -0.25) is 0 Å². The van der Waals surface area contributed by atoms with Gasteiger partial charge in [-0.05, 0) is 0 Å². The molecule has 0 aliphatic rings. The van der Waals surface area contributed by atoms with Crippen LogP contribution in [0.25, 0.3) is 0 Å². The Kier molecular flexibility index (Phi) is 3.98. The summed E-state index contributed by atoms with van der Waals surface area (Å²) < 4.78 is 46.6. The lowest BCUT2D eigenvalue weighted by Crippen LogP contribution is -2.15. The zero-order chi connectivity index (χ0) is 9.07. The molecule has 0 rings (SSSR count). The third-order valence-corrected chi connectivity index (χ3v) is 0.710. The van der Waals surface area contributed by atoms with Crippen LogP contribution in [-0.4, -0.2) is 22.6 Å². The first-order valence-electron chi connectivity index (χ1n) is 2.16. The molecule has 2 N–H and O–H groups in total. The minimum atomic E-state index is -5.05. The van der Waals surface area contributed by atoms with E-state index in [9.17, 15) is 17.7 Å². The minimum absolute atomic E-state index is 2.96. The van der Waals surface area contributed by atoms with Gasteiger partial charge < -0.3 is 9.79 Å². The molecule has 0 aliphatic carbocycles. The van der Waals surface area contributed by atoms with E-state index in [1.54, 1.807) is 0 Å². The van der Waals surface area contributed by atoms with Crippen molar-refractivity contribution in [2.75, 3.05) is 0 Å². The summed E-state index contributed by atoms with van der Waals surface area (Å²) in [7, 11) is -5.05. The predicted octanol–water partition coefficient (Wildman–Crippen LogP) is 0.588. The number of alkyl halides is 3. The fourth-order valence-electron chi connectivity index (χ4n) is 0.139. The first kappa shape index (κ1) is 10.9. The van der Waals surface area contributed by atoms with Gasteiger partial charge in [0.2, 0.25) is 0 Å². The molecule has 68 valence electrons. The second-order valence-electron chi connectivity index (χ2n) is 1.35. The van der Waals surface area contributed by atoms with E-state index < -0.39 is 20.6 Å². The topological polar surface area (TPSA) is 76.0 Å². The van der Waals surface area contributed by atoms with Crippen molar-refractivity contribution >= 4 is 7.82 Å². The molecule has 0 saturated heterocycles. The van der Waals surface area contributed by atoms with Crippen LogP contribution in [0.4, 0.5) is 13.2 Å². The van der Waals surface area contributed by atoms with Crippen LogP contribution in [0, 0.1) is 0 Å². The van der Waals surface area contributed by atoms with Crippen molar-refractivity contribution in [1.82, 2.24) is 0 Å². The SMILES string of the molecule is O=P(O)(O)OOC(F)C(F)F. The summed E-state index contributed by atoms with van der Waals surface area (Å²) in [5.74, 6) is 0. The van der Waals surface area contributed by atoms with E-state index in [0.717, 1.165) is 0 Å². The molecule has 0 aliphatic heterocycles.